The number of carbonyl (C=O) groups excluding carboxylic acids is 2. The molecule has 22 heavy (non-hydrogen) atoms. The van der Waals surface area contributed by atoms with Crippen LogP contribution in [0.2, 0.25) is 0 Å². The van der Waals surface area contributed by atoms with Crippen LogP contribution in [0.4, 0.5) is 0 Å². The zero-order valence-corrected chi connectivity index (χ0v) is 12.5. The number of methoxy groups -OCH3 is 1. The molecule has 2 aromatic rings. The van der Waals surface area contributed by atoms with Crippen molar-refractivity contribution < 1.29 is 19.1 Å². The fraction of sp³-hybridized carbons (Fsp3) is 0.294. The lowest BCUT2D eigenvalue weighted by Gasteiger charge is -2.09. The molecule has 1 N–H and O–H groups in total. The van der Waals surface area contributed by atoms with Gasteiger partial charge in [0.2, 0.25) is 0 Å². The summed E-state index contributed by atoms with van der Waals surface area (Å²) >= 11 is 0. The Kier molecular flexibility index (Phi) is 5.77. The minimum absolute atomic E-state index is 0.0494. The number of esters is 1. The molecule has 0 aliphatic rings. The number of ether oxygens (including phenoxy) is 2. The first-order chi connectivity index (χ1) is 10.7. The average Bonchev–Trinajstić information content (AvgIpc) is 2.56. The van der Waals surface area contributed by atoms with Crippen molar-refractivity contribution in [3.63, 3.8) is 0 Å². The van der Waals surface area contributed by atoms with Crippen LogP contribution in [0.5, 0.6) is 5.75 Å². The van der Waals surface area contributed by atoms with Crippen LogP contribution in [0.1, 0.15) is 12.8 Å². The first-order valence-electron chi connectivity index (χ1n) is 7.15. The van der Waals surface area contributed by atoms with Gasteiger partial charge < -0.3 is 14.8 Å². The Hall–Kier alpha value is -2.56. The Morgan fingerprint density at radius 1 is 1.09 bits per heavy atom. The Morgan fingerprint density at radius 3 is 2.68 bits per heavy atom. The number of benzene rings is 2. The van der Waals surface area contributed by atoms with E-state index in [4.69, 9.17) is 4.74 Å². The normalized spacial score (nSPS) is 10.2. The van der Waals surface area contributed by atoms with E-state index in [1.54, 1.807) is 0 Å². The lowest BCUT2D eigenvalue weighted by molar-refractivity contribution is -0.140. The average molecular weight is 301 g/mol. The molecule has 5 nitrogen and oxygen atoms in total. The maximum atomic E-state index is 11.7. The van der Waals surface area contributed by atoms with E-state index in [2.05, 4.69) is 10.1 Å². The molecule has 0 spiro atoms. The van der Waals surface area contributed by atoms with Crippen LogP contribution in [0.15, 0.2) is 42.5 Å². The minimum atomic E-state index is -0.277. The number of nitrogens with one attached hydrogen (secondary N) is 1. The van der Waals surface area contributed by atoms with Gasteiger partial charge in [0, 0.05) is 18.4 Å². The van der Waals surface area contributed by atoms with Gasteiger partial charge in [-0.25, -0.2) is 0 Å². The highest BCUT2D eigenvalue weighted by Gasteiger charge is 2.06. The van der Waals surface area contributed by atoms with Crippen molar-refractivity contribution in [2.45, 2.75) is 12.8 Å². The zero-order valence-electron chi connectivity index (χ0n) is 12.5. The number of hydrogen-bond donors (Lipinski definition) is 1. The molecule has 1 amide bonds. The summed E-state index contributed by atoms with van der Waals surface area (Å²) < 4.78 is 10.1. The van der Waals surface area contributed by atoms with Gasteiger partial charge in [-0.15, -0.1) is 0 Å². The van der Waals surface area contributed by atoms with Gasteiger partial charge in [0.15, 0.2) is 6.61 Å². The molecule has 0 aliphatic carbocycles. The summed E-state index contributed by atoms with van der Waals surface area (Å²) in [4.78, 5) is 22.6. The highest BCUT2D eigenvalue weighted by atomic mass is 16.5. The molecular formula is C17H19NO4. The first-order valence-corrected chi connectivity index (χ1v) is 7.15. The molecule has 2 aromatic carbocycles. The Morgan fingerprint density at radius 2 is 1.86 bits per heavy atom. The van der Waals surface area contributed by atoms with E-state index in [0.717, 1.165) is 10.8 Å². The lowest BCUT2D eigenvalue weighted by Crippen LogP contribution is -2.30. The van der Waals surface area contributed by atoms with E-state index in [1.165, 1.54) is 7.11 Å². The Bertz CT molecular complexity index is 649. The van der Waals surface area contributed by atoms with Gasteiger partial charge in [0.05, 0.1) is 7.11 Å². The van der Waals surface area contributed by atoms with Gasteiger partial charge in [-0.3, -0.25) is 9.59 Å². The summed E-state index contributed by atoms with van der Waals surface area (Å²) in [6.07, 6.45) is 0.841. The van der Waals surface area contributed by atoms with Gasteiger partial charge in [0.25, 0.3) is 5.91 Å². The highest BCUT2D eigenvalue weighted by molar-refractivity contribution is 5.88. The van der Waals surface area contributed by atoms with Crippen LogP contribution in [0.3, 0.4) is 0 Å². The molecule has 0 heterocycles. The summed E-state index contributed by atoms with van der Waals surface area (Å²) in [6, 6.07) is 13.6. The van der Waals surface area contributed by atoms with Crippen LogP contribution in [0, 0.1) is 0 Å². The van der Waals surface area contributed by atoms with Gasteiger partial charge in [-0.05, 0) is 17.9 Å². The van der Waals surface area contributed by atoms with E-state index >= 15 is 0 Å². The second-order valence-corrected chi connectivity index (χ2v) is 4.80. The molecule has 0 radical (unpaired) electrons. The second-order valence-electron chi connectivity index (χ2n) is 4.80. The summed E-state index contributed by atoms with van der Waals surface area (Å²) in [6.45, 7) is 0.374. The smallest absolute Gasteiger partial charge is 0.305 e. The first kappa shape index (κ1) is 15.8. The van der Waals surface area contributed by atoms with Crippen LogP contribution >= 0.6 is 0 Å². The predicted octanol–water partition coefficient (Wildman–Crippen LogP) is 2.29. The van der Waals surface area contributed by atoms with Crippen LogP contribution < -0.4 is 10.1 Å². The van der Waals surface area contributed by atoms with E-state index in [0.29, 0.717) is 25.1 Å². The summed E-state index contributed by atoms with van der Waals surface area (Å²) in [7, 11) is 1.35. The third-order valence-electron chi connectivity index (χ3n) is 3.22. The number of amides is 1. The quantitative estimate of drug-likeness (QED) is 0.629. The number of rotatable bonds is 7. The van der Waals surface area contributed by atoms with Gasteiger partial charge in [-0.1, -0.05) is 36.4 Å². The summed E-state index contributed by atoms with van der Waals surface area (Å²) in [5.41, 5.74) is 0. The van der Waals surface area contributed by atoms with Crippen molar-refractivity contribution in [1.82, 2.24) is 5.32 Å². The molecule has 0 saturated carbocycles. The Labute approximate surface area is 129 Å². The fourth-order valence-corrected chi connectivity index (χ4v) is 2.08. The molecule has 0 aromatic heterocycles. The van der Waals surface area contributed by atoms with E-state index in [9.17, 15) is 9.59 Å². The van der Waals surface area contributed by atoms with E-state index in [1.807, 2.05) is 42.5 Å². The monoisotopic (exact) mass is 301 g/mol. The van der Waals surface area contributed by atoms with E-state index < -0.39 is 0 Å². The SMILES string of the molecule is COC(=O)CCCNC(=O)COc1cccc2ccccc12. The summed E-state index contributed by atoms with van der Waals surface area (Å²) in [5, 5.41) is 4.75. The molecule has 0 bridgehead atoms. The topological polar surface area (TPSA) is 64.6 Å². The van der Waals surface area contributed by atoms with Crippen molar-refractivity contribution in [2.24, 2.45) is 0 Å². The van der Waals surface area contributed by atoms with E-state index in [-0.39, 0.29) is 18.5 Å². The van der Waals surface area contributed by atoms with Gasteiger partial charge in [-0.2, -0.15) is 0 Å². The van der Waals surface area contributed by atoms with Crippen molar-refractivity contribution >= 4 is 22.6 Å². The molecular weight excluding hydrogens is 282 g/mol. The molecule has 5 heteroatoms. The van der Waals surface area contributed by atoms with Gasteiger partial charge >= 0.3 is 5.97 Å². The van der Waals surface area contributed by atoms with Crippen molar-refractivity contribution in [2.75, 3.05) is 20.3 Å². The van der Waals surface area contributed by atoms with Crippen molar-refractivity contribution in [3.8, 4) is 5.75 Å². The third kappa shape index (κ3) is 4.48. The fourth-order valence-electron chi connectivity index (χ4n) is 2.08. The third-order valence-corrected chi connectivity index (χ3v) is 3.22. The largest absolute Gasteiger partial charge is 0.483 e. The van der Waals surface area contributed by atoms with Crippen LogP contribution in [-0.2, 0) is 14.3 Å². The van der Waals surface area contributed by atoms with Crippen LogP contribution in [0.25, 0.3) is 10.8 Å². The van der Waals surface area contributed by atoms with Crippen LogP contribution in [-0.4, -0.2) is 32.1 Å². The molecule has 0 unspecified atom stereocenters. The highest BCUT2D eigenvalue weighted by Crippen LogP contribution is 2.24. The number of carbonyl (C=O) groups is 2. The lowest BCUT2D eigenvalue weighted by atomic mass is 10.1. The molecule has 116 valence electrons. The second kappa shape index (κ2) is 8.02. The van der Waals surface area contributed by atoms with Gasteiger partial charge in [0.1, 0.15) is 5.75 Å². The van der Waals surface area contributed by atoms with Crippen molar-refractivity contribution in [1.29, 1.82) is 0 Å². The molecule has 0 fully saturated rings. The molecule has 0 saturated heterocycles. The molecule has 2 rings (SSSR count). The summed E-state index contributed by atoms with van der Waals surface area (Å²) in [5.74, 6) is 0.196. The number of hydrogen-bond acceptors (Lipinski definition) is 4. The molecule has 0 atom stereocenters. The maximum Gasteiger partial charge on any atom is 0.305 e. The maximum absolute atomic E-state index is 11.7. The molecule has 0 aliphatic heterocycles. The standard InChI is InChI=1S/C17H19NO4/c1-21-17(20)10-5-11-18-16(19)12-22-15-9-4-7-13-6-2-3-8-14(13)15/h2-4,6-9H,5,10-12H2,1H3,(H,18,19). The predicted molar refractivity (Wildman–Crippen MR) is 83.7 cm³/mol. The Balaban J connectivity index is 1.79. The minimum Gasteiger partial charge on any atom is -0.483 e. The van der Waals surface area contributed by atoms with Crippen molar-refractivity contribution in [3.05, 3.63) is 42.5 Å². The zero-order chi connectivity index (χ0) is 15.8. The number of fused-ring (bicyclic) bond motifs is 1.